The van der Waals surface area contributed by atoms with E-state index < -0.39 is 0 Å². The fraction of sp³-hybridized carbons (Fsp3) is 0.409. The number of nitrogens with zero attached hydrogens (tertiary/aromatic N) is 6. The standard InChI is InChI=1S/C22H25FN6O/c1-14(30)28-8-6-20-18(13-28)22(25-27(20)3)29-7-4-5-15-9-17(19(23)10-21(15)29)16-11-24-26(2)12-16/h9-12H,4-8,13H2,1-3H3. The van der Waals surface area contributed by atoms with Gasteiger partial charge in [-0.25, -0.2) is 4.39 Å². The van der Waals surface area contributed by atoms with E-state index in [2.05, 4.69) is 10.00 Å². The number of hydrogen-bond acceptors (Lipinski definition) is 4. The van der Waals surface area contributed by atoms with Crippen LogP contribution in [0, 0.1) is 5.82 Å². The Labute approximate surface area is 174 Å². The maximum absolute atomic E-state index is 15.1. The van der Waals surface area contributed by atoms with Crippen LogP contribution in [0.4, 0.5) is 15.9 Å². The van der Waals surface area contributed by atoms with Crippen molar-refractivity contribution < 1.29 is 9.18 Å². The topological polar surface area (TPSA) is 59.2 Å². The maximum atomic E-state index is 15.1. The molecule has 1 amide bonds. The summed E-state index contributed by atoms with van der Waals surface area (Å²) < 4.78 is 18.7. The predicted molar refractivity (Wildman–Crippen MR) is 112 cm³/mol. The van der Waals surface area contributed by atoms with Crippen molar-refractivity contribution in [3.63, 3.8) is 0 Å². The normalized spacial score (nSPS) is 15.9. The van der Waals surface area contributed by atoms with Gasteiger partial charge in [0.15, 0.2) is 5.82 Å². The van der Waals surface area contributed by atoms with Crippen LogP contribution in [-0.4, -0.2) is 43.5 Å². The first kappa shape index (κ1) is 18.8. The Morgan fingerprint density at radius 1 is 1.17 bits per heavy atom. The summed E-state index contributed by atoms with van der Waals surface area (Å²) in [5, 5.41) is 8.97. The van der Waals surface area contributed by atoms with Gasteiger partial charge in [-0.1, -0.05) is 0 Å². The van der Waals surface area contributed by atoms with Crippen molar-refractivity contribution in [1.82, 2.24) is 24.5 Å². The first-order valence-corrected chi connectivity index (χ1v) is 10.3. The fourth-order valence-electron chi connectivity index (χ4n) is 4.67. The van der Waals surface area contributed by atoms with Crippen molar-refractivity contribution in [2.45, 2.75) is 32.7 Å². The van der Waals surface area contributed by atoms with Crippen LogP contribution in [0.1, 0.15) is 30.2 Å². The maximum Gasteiger partial charge on any atom is 0.219 e. The number of fused-ring (bicyclic) bond motifs is 2. The molecule has 2 aliphatic rings. The first-order chi connectivity index (χ1) is 14.4. The second-order valence-corrected chi connectivity index (χ2v) is 8.18. The Kier molecular flexibility index (Phi) is 4.38. The molecule has 0 saturated carbocycles. The third kappa shape index (κ3) is 2.98. The van der Waals surface area contributed by atoms with Gasteiger partial charge in [-0.3, -0.25) is 14.2 Å². The van der Waals surface area contributed by atoms with Gasteiger partial charge in [-0.15, -0.1) is 0 Å². The van der Waals surface area contributed by atoms with E-state index in [9.17, 15) is 4.79 Å². The quantitative estimate of drug-likeness (QED) is 0.654. The van der Waals surface area contributed by atoms with Gasteiger partial charge in [-0.2, -0.15) is 10.2 Å². The Balaban J connectivity index is 1.58. The summed E-state index contributed by atoms with van der Waals surface area (Å²) in [6.45, 7) is 3.64. The summed E-state index contributed by atoms with van der Waals surface area (Å²) in [5.41, 5.74) is 5.56. The zero-order valence-electron chi connectivity index (χ0n) is 17.5. The molecule has 0 atom stereocenters. The van der Waals surface area contributed by atoms with Crippen LogP contribution in [0.2, 0.25) is 0 Å². The molecule has 0 bridgehead atoms. The highest BCUT2D eigenvalue weighted by atomic mass is 19.1. The van der Waals surface area contributed by atoms with E-state index in [1.54, 1.807) is 23.9 Å². The number of aromatic nitrogens is 4. The number of carbonyl (C=O) groups excluding carboxylic acids is 1. The molecule has 5 rings (SSSR count). The Morgan fingerprint density at radius 3 is 2.73 bits per heavy atom. The lowest BCUT2D eigenvalue weighted by molar-refractivity contribution is -0.129. The Hall–Kier alpha value is -3.16. The van der Waals surface area contributed by atoms with Crippen molar-refractivity contribution >= 4 is 17.4 Å². The number of benzene rings is 1. The summed E-state index contributed by atoms with van der Waals surface area (Å²) in [6, 6.07) is 3.58. The molecular weight excluding hydrogens is 383 g/mol. The van der Waals surface area contributed by atoms with Gasteiger partial charge in [0.1, 0.15) is 5.82 Å². The van der Waals surface area contributed by atoms with Crippen LogP contribution in [0.3, 0.4) is 0 Å². The molecule has 0 aliphatic carbocycles. The summed E-state index contributed by atoms with van der Waals surface area (Å²) in [4.78, 5) is 15.9. The van der Waals surface area contributed by atoms with E-state index in [1.165, 1.54) is 0 Å². The number of rotatable bonds is 2. The van der Waals surface area contributed by atoms with Crippen molar-refractivity contribution in [3.8, 4) is 11.1 Å². The van der Waals surface area contributed by atoms with Gasteiger partial charge in [0.25, 0.3) is 0 Å². The monoisotopic (exact) mass is 408 g/mol. The van der Waals surface area contributed by atoms with E-state index >= 15 is 4.39 Å². The average Bonchev–Trinajstić information content (AvgIpc) is 3.30. The SMILES string of the molecule is CC(=O)N1CCc2c(c(N3CCCc4cc(-c5cnn(C)c5)c(F)cc43)nn2C)C1. The van der Waals surface area contributed by atoms with Crippen LogP contribution in [0.25, 0.3) is 11.1 Å². The highest BCUT2D eigenvalue weighted by Gasteiger charge is 2.30. The summed E-state index contributed by atoms with van der Waals surface area (Å²) in [6.07, 6.45) is 6.17. The van der Waals surface area contributed by atoms with E-state index in [-0.39, 0.29) is 11.7 Å². The molecule has 2 aromatic heterocycles. The van der Waals surface area contributed by atoms with Gasteiger partial charge in [0.05, 0.1) is 12.7 Å². The third-order valence-electron chi connectivity index (χ3n) is 6.22. The molecule has 0 saturated heterocycles. The number of halogens is 1. The van der Waals surface area contributed by atoms with Gasteiger partial charge < -0.3 is 9.80 Å². The lowest BCUT2D eigenvalue weighted by Crippen LogP contribution is -2.35. The van der Waals surface area contributed by atoms with E-state index in [0.29, 0.717) is 18.7 Å². The number of aryl methyl sites for hydroxylation is 3. The van der Waals surface area contributed by atoms with E-state index in [4.69, 9.17) is 5.10 Å². The zero-order valence-corrected chi connectivity index (χ0v) is 17.5. The molecular formula is C22H25FN6O. The number of carbonyl (C=O) groups is 1. The zero-order chi connectivity index (χ0) is 21.0. The molecule has 2 aliphatic heterocycles. The summed E-state index contributed by atoms with van der Waals surface area (Å²) in [7, 11) is 3.78. The second-order valence-electron chi connectivity index (χ2n) is 8.18. The molecule has 3 aromatic rings. The Morgan fingerprint density at radius 2 is 2.00 bits per heavy atom. The molecule has 0 fully saturated rings. The highest BCUT2D eigenvalue weighted by Crippen LogP contribution is 2.40. The van der Waals surface area contributed by atoms with Crippen LogP contribution < -0.4 is 4.90 Å². The number of amides is 1. The van der Waals surface area contributed by atoms with Gasteiger partial charge in [-0.05, 0) is 30.5 Å². The smallest absolute Gasteiger partial charge is 0.219 e. The molecule has 30 heavy (non-hydrogen) atoms. The minimum Gasteiger partial charge on any atom is -0.338 e. The van der Waals surface area contributed by atoms with Crippen LogP contribution in [0.5, 0.6) is 0 Å². The third-order valence-corrected chi connectivity index (χ3v) is 6.22. The average molecular weight is 408 g/mol. The lowest BCUT2D eigenvalue weighted by atomic mass is 9.96. The highest BCUT2D eigenvalue weighted by molar-refractivity contribution is 5.76. The van der Waals surface area contributed by atoms with Crippen molar-refractivity contribution in [3.05, 3.63) is 47.2 Å². The molecule has 156 valence electrons. The summed E-state index contributed by atoms with van der Waals surface area (Å²) in [5.74, 6) is 0.651. The fourth-order valence-corrected chi connectivity index (χ4v) is 4.67. The summed E-state index contributed by atoms with van der Waals surface area (Å²) >= 11 is 0. The predicted octanol–water partition coefficient (Wildman–Crippen LogP) is 2.95. The van der Waals surface area contributed by atoms with Gasteiger partial charge in [0, 0.05) is 74.8 Å². The lowest BCUT2D eigenvalue weighted by Gasteiger charge is -2.32. The molecule has 0 spiro atoms. The molecule has 0 radical (unpaired) electrons. The van der Waals surface area contributed by atoms with Crippen LogP contribution >= 0.6 is 0 Å². The molecule has 8 heteroatoms. The number of hydrogen-bond donors (Lipinski definition) is 0. The van der Waals surface area contributed by atoms with E-state index in [1.807, 2.05) is 35.9 Å². The Bertz CT molecular complexity index is 1150. The second kappa shape index (κ2) is 6.97. The first-order valence-electron chi connectivity index (χ1n) is 10.3. The largest absolute Gasteiger partial charge is 0.338 e. The van der Waals surface area contributed by atoms with Gasteiger partial charge >= 0.3 is 0 Å². The molecule has 4 heterocycles. The minimum absolute atomic E-state index is 0.0710. The van der Waals surface area contributed by atoms with Crippen LogP contribution in [0.15, 0.2) is 24.5 Å². The van der Waals surface area contributed by atoms with Gasteiger partial charge in [0.2, 0.25) is 5.91 Å². The molecule has 7 nitrogen and oxygen atoms in total. The molecule has 1 aromatic carbocycles. The van der Waals surface area contributed by atoms with Crippen LogP contribution in [-0.2, 0) is 38.3 Å². The van der Waals surface area contributed by atoms with Crippen molar-refractivity contribution in [1.29, 1.82) is 0 Å². The van der Waals surface area contributed by atoms with Crippen molar-refractivity contribution in [2.24, 2.45) is 14.1 Å². The molecule has 0 N–H and O–H groups in total. The number of anilines is 2. The van der Waals surface area contributed by atoms with Crippen molar-refractivity contribution in [2.75, 3.05) is 18.0 Å². The molecule has 0 unspecified atom stereocenters. The van der Waals surface area contributed by atoms with E-state index in [0.717, 1.165) is 59.7 Å². The minimum atomic E-state index is -0.260.